The molecule has 3 aromatic rings. The number of carbonyl (C=O) groups excluding carboxylic acids is 2. The molecule has 1 amide bonds. The highest BCUT2D eigenvalue weighted by atomic mass is 32.2. The van der Waals surface area contributed by atoms with Gasteiger partial charge in [-0.2, -0.15) is 22.0 Å². The average molecular weight is 627 g/mol. The number of cyclic esters (lactones) is 1. The van der Waals surface area contributed by atoms with Gasteiger partial charge in [-0.25, -0.2) is 14.8 Å². The summed E-state index contributed by atoms with van der Waals surface area (Å²) < 4.78 is 34.4. The molecule has 0 aromatic carbocycles. The van der Waals surface area contributed by atoms with Crippen molar-refractivity contribution >= 4 is 50.6 Å². The van der Waals surface area contributed by atoms with Crippen molar-refractivity contribution < 1.29 is 27.9 Å². The number of aliphatic hydroxyl groups excluding tert-OH is 1. The molecular formula is C28H34N8O7S. The fraction of sp³-hybridized carbons (Fsp3) is 0.500. The Labute approximate surface area is 253 Å². The molecular weight excluding hydrogens is 592 g/mol. The number of aliphatic hydroxyl groups is 1. The Hall–Kier alpha value is -4.15. The van der Waals surface area contributed by atoms with E-state index in [9.17, 15) is 27.9 Å². The van der Waals surface area contributed by atoms with Crippen LogP contribution in [0.15, 0.2) is 29.3 Å². The lowest BCUT2D eigenvalue weighted by atomic mass is 10.0. The van der Waals surface area contributed by atoms with E-state index in [1.807, 2.05) is 11.0 Å². The summed E-state index contributed by atoms with van der Waals surface area (Å²) in [6, 6.07) is 3.58. The third-order valence-electron chi connectivity index (χ3n) is 8.49. The van der Waals surface area contributed by atoms with Crippen LogP contribution in [0.4, 0.5) is 22.2 Å². The van der Waals surface area contributed by atoms with E-state index < -0.39 is 29.0 Å². The van der Waals surface area contributed by atoms with E-state index in [1.165, 1.54) is 11.2 Å². The number of ketones is 1. The van der Waals surface area contributed by atoms with E-state index in [2.05, 4.69) is 15.3 Å². The summed E-state index contributed by atoms with van der Waals surface area (Å²) in [6.07, 6.45) is 5.17. The van der Waals surface area contributed by atoms with Gasteiger partial charge >= 0.3 is 16.3 Å². The minimum Gasteiger partial charge on any atom is -0.441 e. The Bertz CT molecular complexity index is 1770. The van der Waals surface area contributed by atoms with Crippen molar-refractivity contribution in [2.45, 2.75) is 51.7 Å². The van der Waals surface area contributed by atoms with Crippen LogP contribution in [0.5, 0.6) is 0 Å². The Morgan fingerprint density at radius 2 is 1.82 bits per heavy atom. The molecule has 1 saturated carbocycles. The first-order chi connectivity index (χ1) is 21.1. The molecule has 1 aliphatic carbocycles. The molecule has 5 heterocycles. The van der Waals surface area contributed by atoms with Crippen molar-refractivity contribution in [3.63, 3.8) is 0 Å². The van der Waals surface area contributed by atoms with Crippen LogP contribution in [0.1, 0.15) is 54.6 Å². The van der Waals surface area contributed by atoms with E-state index in [-0.39, 0.29) is 48.5 Å². The van der Waals surface area contributed by atoms with Crippen LogP contribution in [0.25, 0.3) is 11.0 Å². The molecule has 15 nitrogen and oxygen atoms in total. The number of aryl methyl sites for hydroxylation is 1. The van der Waals surface area contributed by atoms with Crippen LogP contribution < -0.4 is 15.8 Å². The summed E-state index contributed by atoms with van der Waals surface area (Å²) in [5, 5.41) is 13.0. The van der Waals surface area contributed by atoms with Crippen LogP contribution in [0, 0.1) is 6.92 Å². The highest BCUT2D eigenvalue weighted by molar-refractivity contribution is 7.87. The first-order valence-electron chi connectivity index (χ1n) is 14.6. The second-order valence-electron chi connectivity index (χ2n) is 11.2. The Morgan fingerprint density at radius 3 is 2.43 bits per heavy atom. The Morgan fingerprint density at radius 1 is 1.09 bits per heavy atom. The summed E-state index contributed by atoms with van der Waals surface area (Å²) in [5.41, 5.74) is 1.71. The van der Waals surface area contributed by atoms with Crippen LogP contribution in [-0.2, 0) is 14.9 Å². The minimum absolute atomic E-state index is 0.0269. The van der Waals surface area contributed by atoms with Gasteiger partial charge in [0.1, 0.15) is 17.6 Å². The van der Waals surface area contributed by atoms with Crippen LogP contribution in [-0.4, -0.2) is 99.0 Å². The molecule has 1 atom stereocenters. The summed E-state index contributed by atoms with van der Waals surface area (Å²) in [4.78, 5) is 53.4. The molecule has 3 aliphatic rings. The number of rotatable bonds is 8. The van der Waals surface area contributed by atoms with Gasteiger partial charge in [-0.1, -0.05) is 12.8 Å². The van der Waals surface area contributed by atoms with E-state index in [0.29, 0.717) is 39.8 Å². The third-order valence-corrected chi connectivity index (χ3v) is 10.4. The normalized spacial score (nSPS) is 20.0. The van der Waals surface area contributed by atoms with Gasteiger partial charge < -0.3 is 20.1 Å². The van der Waals surface area contributed by atoms with Crippen LogP contribution >= 0.6 is 0 Å². The second kappa shape index (κ2) is 11.7. The first kappa shape index (κ1) is 29.9. The fourth-order valence-corrected chi connectivity index (χ4v) is 7.66. The van der Waals surface area contributed by atoms with Crippen molar-refractivity contribution in [1.29, 1.82) is 0 Å². The molecule has 234 valence electrons. The lowest BCUT2D eigenvalue weighted by Gasteiger charge is -2.36. The summed E-state index contributed by atoms with van der Waals surface area (Å²) in [7, 11) is -4.06. The highest BCUT2D eigenvalue weighted by Crippen LogP contribution is 2.32. The zero-order valence-corrected chi connectivity index (χ0v) is 25.3. The van der Waals surface area contributed by atoms with Gasteiger partial charge in [0.15, 0.2) is 5.78 Å². The number of fused-ring (bicyclic) bond motifs is 1. The summed E-state index contributed by atoms with van der Waals surface area (Å²) in [5.74, 6) is 0.469. The van der Waals surface area contributed by atoms with Gasteiger partial charge in [-0.05, 0) is 44.4 Å². The van der Waals surface area contributed by atoms with Crippen LogP contribution in [0.2, 0.25) is 0 Å². The van der Waals surface area contributed by atoms with Crippen LogP contribution in [0.3, 0.4) is 0 Å². The molecule has 2 saturated heterocycles. The smallest absolute Gasteiger partial charge is 0.425 e. The third kappa shape index (κ3) is 5.37. The maximum Gasteiger partial charge on any atom is 0.425 e. The molecule has 0 spiro atoms. The molecule has 16 heteroatoms. The number of hydrogen-bond donors (Lipinski definition) is 2. The SMILES string of the molecule is CC(=O)c1c(C)c2cnc(Nc3ccc(N4CCN(S(=O)(=O)N5CC(CO)OC5=O)CC4)cn3)nc2n(C2CCCC2)c1=O. The van der Waals surface area contributed by atoms with E-state index in [1.54, 1.807) is 30.0 Å². The second-order valence-corrected chi connectivity index (χ2v) is 13.1. The number of pyridine rings is 2. The topological polar surface area (TPSA) is 180 Å². The molecule has 1 unspecified atom stereocenters. The number of Topliss-reactive ketones (excluding diaryl/α,β-unsaturated/α-hetero) is 1. The molecule has 3 aromatic heterocycles. The molecule has 44 heavy (non-hydrogen) atoms. The molecule has 2 aliphatic heterocycles. The van der Waals surface area contributed by atoms with Crippen molar-refractivity contribution in [2.24, 2.45) is 0 Å². The maximum absolute atomic E-state index is 13.4. The number of aromatic nitrogens is 4. The molecule has 2 N–H and O–H groups in total. The average Bonchev–Trinajstić information content (AvgIpc) is 3.68. The summed E-state index contributed by atoms with van der Waals surface area (Å²) >= 11 is 0. The zero-order chi connectivity index (χ0) is 31.2. The lowest BCUT2D eigenvalue weighted by Crippen LogP contribution is -2.53. The minimum atomic E-state index is -4.06. The number of nitrogens with zero attached hydrogens (tertiary/aromatic N) is 7. The number of hydrogen-bond acceptors (Lipinski definition) is 12. The molecule has 0 bridgehead atoms. The van der Waals surface area contributed by atoms with Gasteiger partial charge in [-0.3, -0.25) is 14.2 Å². The lowest BCUT2D eigenvalue weighted by molar-refractivity contribution is 0.0955. The summed E-state index contributed by atoms with van der Waals surface area (Å²) in [6.45, 7) is 3.58. The monoisotopic (exact) mass is 626 g/mol. The highest BCUT2D eigenvalue weighted by Gasteiger charge is 2.43. The molecule has 6 rings (SSSR count). The number of piperazine rings is 1. The molecule has 3 fully saturated rings. The number of anilines is 3. The van der Waals surface area contributed by atoms with Gasteiger partial charge in [0.25, 0.3) is 5.56 Å². The zero-order valence-electron chi connectivity index (χ0n) is 24.5. The quantitative estimate of drug-likeness (QED) is 0.346. The standard InChI is InChI=1S/C28H34N8O7S/c1-17-22-14-30-27(32-25(22)36(19-5-3-4-6-19)26(39)24(17)18(2)38)31-23-8-7-20(13-29-23)33-9-11-34(12-10-33)44(41,42)35-15-21(16-37)43-28(35)40/h7-8,13-14,19,21,37H,3-6,9-12,15-16H2,1-2H3,(H,29,30,31,32). The Kier molecular flexibility index (Phi) is 7.98. The predicted octanol–water partition coefficient (Wildman–Crippen LogP) is 1.74. The van der Waals surface area contributed by atoms with Gasteiger partial charge in [0.05, 0.1) is 30.6 Å². The fourth-order valence-electron chi connectivity index (χ4n) is 6.17. The van der Waals surface area contributed by atoms with E-state index >= 15 is 0 Å². The van der Waals surface area contributed by atoms with Gasteiger partial charge in [0, 0.05) is 43.8 Å². The number of carbonyl (C=O) groups is 2. The van der Waals surface area contributed by atoms with Crippen molar-refractivity contribution in [3.8, 4) is 0 Å². The molecule has 0 radical (unpaired) electrons. The van der Waals surface area contributed by atoms with Crippen molar-refractivity contribution in [1.82, 2.24) is 28.1 Å². The van der Waals surface area contributed by atoms with Gasteiger partial charge in [0.2, 0.25) is 5.95 Å². The van der Waals surface area contributed by atoms with E-state index in [0.717, 1.165) is 31.4 Å². The maximum atomic E-state index is 13.4. The first-order valence-corrected chi connectivity index (χ1v) is 16.0. The number of ether oxygens (including phenoxy) is 1. The van der Waals surface area contributed by atoms with Crippen molar-refractivity contribution in [3.05, 3.63) is 46.0 Å². The number of nitrogens with one attached hydrogen (secondary N) is 1. The number of amides is 1. The largest absolute Gasteiger partial charge is 0.441 e. The predicted molar refractivity (Wildman–Crippen MR) is 160 cm³/mol. The van der Waals surface area contributed by atoms with Gasteiger partial charge in [-0.15, -0.1) is 0 Å². The van der Waals surface area contributed by atoms with Crippen molar-refractivity contribution in [2.75, 3.05) is 49.5 Å². The van der Waals surface area contributed by atoms with E-state index in [4.69, 9.17) is 9.72 Å². The Balaban J connectivity index is 1.17.